The highest BCUT2D eigenvalue weighted by Crippen LogP contribution is 2.32. The molecule has 20 heavy (non-hydrogen) atoms. The smallest absolute Gasteiger partial charge is 0.247 e. The van der Waals surface area contributed by atoms with Gasteiger partial charge in [-0.15, -0.1) is 0 Å². The Hall–Kier alpha value is -1.88. The van der Waals surface area contributed by atoms with Crippen LogP contribution >= 0.6 is 0 Å². The highest BCUT2D eigenvalue weighted by atomic mass is 16.2. The van der Waals surface area contributed by atoms with Crippen molar-refractivity contribution in [2.24, 2.45) is 0 Å². The maximum absolute atomic E-state index is 12.9. The van der Waals surface area contributed by atoms with Crippen molar-refractivity contribution < 1.29 is 9.59 Å². The summed E-state index contributed by atoms with van der Waals surface area (Å²) in [6, 6.07) is 7.43. The molecule has 1 unspecified atom stereocenters. The Balaban J connectivity index is 1.93. The second-order valence-electron chi connectivity index (χ2n) is 5.67. The number of nitrogens with one attached hydrogen (secondary N) is 2. The molecule has 1 saturated heterocycles. The summed E-state index contributed by atoms with van der Waals surface area (Å²) in [4.78, 5) is 26.3. The van der Waals surface area contributed by atoms with Crippen molar-refractivity contribution in [1.82, 2.24) is 5.32 Å². The molecule has 0 aliphatic carbocycles. The van der Waals surface area contributed by atoms with E-state index >= 15 is 0 Å². The number of amides is 2. The van der Waals surface area contributed by atoms with E-state index in [4.69, 9.17) is 0 Å². The summed E-state index contributed by atoms with van der Waals surface area (Å²) < 4.78 is 0. The maximum Gasteiger partial charge on any atom is 0.247 e. The Kier molecular flexibility index (Phi) is 3.22. The molecule has 1 aromatic rings. The third-order valence-corrected chi connectivity index (χ3v) is 4.11. The van der Waals surface area contributed by atoms with E-state index in [9.17, 15) is 9.59 Å². The Morgan fingerprint density at radius 1 is 1.30 bits per heavy atom. The number of benzene rings is 1. The van der Waals surface area contributed by atoms with Gasteiger partial charge in [-0.25, -0.2) is 0 Å². The number of fused-ring (bicyclic) bond motifs is 1. The fourth-order valence-corrected chi connectivity index (χ4v) is 2.95. The lowest BCUT2D eigenvalue weighted by Gasteiger charge is -2.39. The monoisotopic (exact) mass is 273 g/mol. The first-order chi connectivity index (χ1) is 9.60. The third kappa shape index (κ3) is 2.18. The van der Waals surface area contributed by atoms with Gasteiger partial charge in [0.15, 0.2) is 0 Å². The molecular weight excluding hydrogens is 254 g/mol. The zero-order valence-electron chi connectivity index (χ0n) is 11.6. The molecule has 1 fully saturated rings. The van der Waals surface area contributed by atoms with Gasteiger partial charge in [0.2, 0.25) is 11.8 Å². The molecule has 1 atom stereocenters. The average molecular weight is 273 g/mol. The normalized spacial score (nSPS) is 25.9. The molecule has 0 spiro atoms. The Morgan fingerprint density at radius 3 is 2.85 bits per heavy atom. The van der Waals surface area contributed by atoms with Crippen molar-refractivity contribution in [3.63, 3.8) is 0 Å². The lowest BCUT2D eigenvalue weighted by Crippen LogP contribution is -2.60. The summed E-state index contributed by atoms with van der Waals surface area (Å²) in [5.74, 6) is -0.157. The molecular formula is C15H19N3O2. The van der Waals surface area contributed by atoms with Gasteiger partial charge in [0.1, 0.15) is 6.54 Å². The van der Waals surface area contributed by atoms with Crippen LogP contribution in [0.2, 0.25) is 0 Å². The molecule has 2 aliphatic rings. The van der Waals surface area contributed by atoms with E-state index in [1.807, 2.05) is 31.2 Å². The van der Waals surface area contributed by atoms with E-state index in [-0.39, 0.29) is 18.4 Å². The van der Waals surface area contributed by atoms with Crippen molar-refractivity contribution in [2.45, 2.75) is 31.7 Å². The van der Waals surface area contributed by atoms with E-state index in [1.54, 1.807) is 4.90 Å². The first-order valence-corrected chi connectivity index (χ1v) is 7.06. The second-order valence-corrected chi connectivity index (χ2v) is 5.67. The van der Waals surface area contributed by atoms with Gasteiger partial charge in [-0.2, -0.15) is 0 Å². The molecule has 106 valence electrons. The van der Waals surface area contributed by atoms with Gasteiger partial charge < -0.3 is 10.6 Å². The van der Waals surface area contributed by atoms with Crippen LogP contribution in [0.5, 0.6) is 0 Å². The van der Waals surface area contributed by atoms with Crippen LogP contribution in [-0.4, -0.2) is 30.4 Å². The Bertz CT molecular complexity index is 550. The van der Waals surface area contributed by atoms with Crippen LogP contribution in [0.4, 0.5) is 11.4 Å². The highest BCUT2D eigenvalue weighted by molar-refractivity contribution is 6.12. The van der Waals surface area contributed by atoms with Gasteiger partial charge >= 0.3 is 0 Å². The van der Waals surface area contributed by atoms with Crippen LogP contribution in [-0.2, 0) is 9.59 Å². The first kappa shape index (κ1) is 13.1. The molecule has 2 heterocycles. The van der Waals surface area contributed by atoms with Crippen LogP contribution in [0, 0.1) is 0 Å². The number of hydrogen-bond donors (Lipinski definition) is 2. The number of para-hydroxylation sites is 2. The summed E-state index contributed by atoms with van der Waals surface area (Å²) in [7, 11) is 0. The zero-order chi connectivity index (χ0) is 14.2. The lowest BCUT2D eigenvalue weighted by atomic mass is 9.89. The predicted octanol–water partition coefficient (Wildman–Crippen LogP) is 1.50. The van der Waals surface area contributed by atoms with E-state index in [0.29, 0.717) is 5.69 Å². The minimum Gasteiger partial charge on any atom is -0.323 e. The van der Waals surface area contributed by atoms with Gasteiger partial charge in [0.25, 0.3) is 0 Å². The number of hydrogen-bond acceptors (Lipinski definition) is 3. The van der Waals surface area contributed by atoms with Gasteiger partial charge in [-0.3, -0.25) is 14.5 Å². The molecule has 0 saturated carbocycles. The number of rotatable bonds is 1. The number of anilines is 2. The minimum atomic E-state index is -0.566. The van der Waals surface area contributed by atoms with Crippen molar-refractivity contribution in [3.05, 3.63) is 24.3 Å². The third-order valence-electron chi connectivity index (χ3n) is 4.11. The zero-order valence-corrected chi connectivity index (χ0v) is 11.6. The number of carbonyl (C=O) groups excluding carboxylic acids is 2. The van der Waals surface area contributed by atoms with Crippen LogP contribution in [0.15, 0.2) is 24.3 Å². The van der Waals surface area contributed by atoms with E-state index in [0.717, 1.165) is 31.5 Å². The SMILES string of the molecule is CC1(C(=O)N2CC(=O)Nc3ccccc32)CCCCN1. The van der Waals surface area contributed by atoms with E-state index < -0.39 is 5.54 Å². The Morgan fingerprint density at radius 2 is 2.10 bits per heavy atom. The largest absolute Gasteiger partial charge is 0.323 e. The van der Waals surface area contributed by atoms with Crippen molar-refractivity contribution in [2.75, 3.05) is 23.3 Å². The topological polar surface area (TPSA) is 61.4 Å². The minimum absolute atomic E-state index is 0.0144. The average Bonchev–Trinajstić information content (AvgIpc) is 2.46. The van der Waals surface area contributed by atoms with Crippen LogP contribution < -0.4 is 15.5 Å². The summed E-state index contributed by atoms with van der Waals surface area (Å²) >= 11 is 0. The predicted molar refractivity (Wildman–Crippen MR) is 77.7 cm³/mol. The van der Waals surface area contributed by atoms with Crippen molar-refractivity contribution in [1.29, 1.82) is 0 Å². The van der Waals surface area contributed by atoms with E-state index in [2.05, 4.69) is 10.6 Å². The fraction of sp³-hybridized carbons (Fsp3) is 0.467. The molecule has 0 aromatic heterocycles. The van der Waals surface area contributed by atoms with E-state index in [1.165, 1.54) is 0 Å². The summed E-state index contributed by atoms with van der Waals surface area (Å²) in [6.07, 6.45) is 2.95. The van der Waals surface area contributed by atoms with Gasteiger partial charge in [0, 0.05) is 0 Å². The molecule has 5 nitrogen and oxygen atoms in total. The van der Waals surface area contributed by atoms with Crippen molar-refractivity contribution in [3.8, 4) is 0 Å². The summed E-state index contributed by atoms with van der Waals surface area (Å²) in [5.41, 5.74) is 0.922. The molecule has 1 aromatic carbocycles. The first-order valence-electron chi connectivity index (χ1n) is 7.06. The maximum atomic E-state index is 12.9. The lowest BCUT2D eigenvalue weighted by molar-refractivity contribution is -0.127. The molecule has 5 heteroatoms. The molecule has 0 bridgehead atoms. The molecule has 2 aliphatic heterocycles. The molecule has 3 rings (SSSR count). The van der Waals surface area contributed by atoms with Gasteiger partial charge in [-0.05, 0) is 44.9 Å². The summed E-state index contributed by atoms with van der Waals surface area (Å²) in [6.45, 7) is 2.88. The van der Waals surface area contributed by atoms with Gasteiger partial charge in [-0.1, -0.05) is 12.1 Å². The fourth-order valence-electron chi connectivity index (χ4n) is 2.95. The molecule has 2 N–H and O–H groups in total. The quantitative estimate of drug-likeness (QED) is 0.815. The second kappa shape index (κ2) is 4.90. The highest BCUT2D eigenvalue weighted by Gasteiger charge is 2.40. The van der Waals surface area contributed by atoms with Crippen LogP contribution in [0.25, 0.3) is 0 Å². The Labute approximate surface area is 118 Å². The summed E-state index contributed by atoms with van der Waals surface area (Å²) in [5, 5.41) is 6.12. The molecule has 2 amide bonds. The number of piperidine rings is 1. The van der Waals surface area contributed by atoms with Crippen LogP contribution in [0.1, 0.15) is 26.2 Å². The van der Waals surface area contributed by atoms with Gasteiger partial charge in [0.05, 0.1) is 16.9 Å². The standard InChI is InChI=1S/C15H19N3O2/c1-15(8-4-5-9-16-15)14(20)18-10-13(19)17-11-6-2-3-7-12(11)18/h2-3,6-7,16H,4-5,8-10H2,1H3,(H,17,19). The van der Waals surface area contributed by atoms with Crippen LogP contribution in [0.3, 0.4) is 0 Å². The number of carbonyl (C=O) groups is 2. The molecule has 0 radical (unpaired) electrons. The van der Waals surface area contributed by atoms with Crippen molar-refractivity contribution >= 4 is 23.2 Å². The number of nitrogens with zero attached hydrogens (tertiary/aromatic N) is 1.